The second-order valence-electron chi connectivity index (χ2n) is 6.03. The van der Waals surface area contributed by atoms with E-state index < -0.39 is 20.7 Å². The molecule has 9 heteroatoms. The molecule has 4 rings (SSSR count). The zero-order valence-electron chi connectivity index (χ0n) is 13.0. The van der Waals surface area contributed by atoms with Crippen molar-refractivity contribution >= 4 is 32.7 Å². The smallest absolute Gasteiger partial charge is 0.243 e. The number of benzene rings is 1. The van der Waals surface area contributed by atoms with Gasteiger partial charge in [-0.05, 0) is 48.6 Å². The Bertz CT molecular complexity index is 1070. The molecule has 3 aromatic rings. The number of rotatable bonds is 3. The molecule has 25 heavy (non-hydrogen) atoms. The average molecular weight is 381 g/mol. The molecule has 0 radical (unpaired) electrons. The maximum atomic E-state index is 13.9. The molecule has 2 N–H and O–H groups in total. The molecule has 6 nitrogen and oxygen atoms in total. The highest BCUT2D eigenvalue weighted by atomic mass is 35.5. The van der Waals surface area contributed by atoms with Crippen molar-refractivity contribution in [2.75, 3.05) is 0 Å². The average Bonchev–Trinajstić information content (AvgIpc) is 3.05. The highest BCUT2D eigenvalue weighted by Crippen LogP contribution is 2.28. The normalized spacial score (nSPS) is 17.6. The SMILES string of the molecule is O=S(=O)(NC1CCc2c(cnc3[nH]ncc23)C1)c1cc(Cl)ccc1F. The lowest BCUT2D eigenvalue weighted by Gasteiger charge is -2.25. The van der Waals surface area contributed by atoms with E-state index in [2.05, 4.69) is 19.9 Å². The molecule has 0 saturated heterocycles. The van der Waals surface area contributed by atoms with E-state index in [1.165, 1.54) is 6.07 Å². The zero-order valence-corrected chi connectivity index (χ0v) is 14.5. The van der Waals surface area contributed by atoms with Crippen LogP contribution in [0.2, 0.25) is 5.02 Å². The lowest BCUT2D eigenvalue weighted by molar-refractivity contribution is 0.502. The first-order valence-electron chi connectivity index (χ1n) is 7.71. The number of aromatic amines is 1. The van der Waals surface area contributed by atoms with Crippen LogP contribution in [0.25, 0.3) is 11.0 Å². The number of halogens is 2. The molecule has 1 atom stereocenters. The minimum absolute atomic E-state index is 0.169. The predicted octanol–water partition coefficient (Wildman–Crippen LogP) is 2.59. The summed E-state index contributed by atoms with van der Waals surface area (Å²) in [5.41, 5.74) is 2.82. The van der Waals surface area contributed by atoms with Crippen LogP contribution in [0.1, 0.15) is 17.5 Å². The lowest BCUT2D eigenvalue weighted by Crippen LogP contribution is -2.39. The van der Waals surface area contributed by atoms with Crippen molar-refractivity contribution < 1.29 is 12.8 Å². The molecule has 0 amide bonds. The molecule has 1 unspecified atom stereocenters. The minimum Gasteiger partial charge on any atom is -0.261 e. The summed E-state index contributed by atoms with van der Waals surface area (Å²) in [4.78, 5) is 3.86. The van der Waals surface area contributed by atoms with Crippen LogP contribution in [-0.4, -0.2) is 29.6 Å². The Balaban J connectivity index is 1.61. The van der Waals surface area contributed by atoms with Gasteiger partial charge < -0.3 is 0 Å². The van der Waals surface area contributed by atoms with Crippen LogP contribution in [0.3, 0.4) is 0 Å². The molecule has 1 aromatic carbocycles. The van der Waals surface area contributed by atoms with Gasteiger partial charge in [-0.3, -0.25) is 5.10 Å². The van der Waals surface area contributed by atoms with Crippen LogP contribution < -0.4 is 4.72 Å². The first-order chi connectivity index (χ1) is 11.9. The highest BCUT2D eigenvalue weighted by molar-refractivity contribution is 7.89. The van der Waals surface area contributed by atoms with Crippen molar-refractivity contribution in [2.45, 2.75) is 30.2 Å². The van der Waals surface area contributed by atoms with Crippen LogP contribution in [0.15, 0.2) is 35.5 Å². The second-order valence-corrected chi connectivity index (χ2v) is 8.15. The monoisotopic (exact) mass is 380 g/mol. The van der Waals surface area contributed by atoms with Crippen LogP contribution in [0.4, 0.5) is 4.39 Å². The molecular formula is C16H14ClFN4O2S. The molecule has 0 spiro atoms. The number of hydrogen-bond acceptors (Lipinski definition) is 4. The van der Waals surface area contributed by atoms with Crippen LogP contribution in [-0.2, 0) is 22.9 Å². The number of aryl methyl sites for hydroxylation is 1. The molecule has 1 aliphatic carbocycles. The van der Waals surface area contributed by atoms with E-state index in [4.69, 9.17) is 11.6 Å². The van der Waals surface area contributed by atoms with Gasteiger partial charge in [0.05, 0.1) is 6.20 Å². The van der Waals surface area contributed by atoms with E-state index in [1.807, 2.05) is 0 Å². The Morgan fingerprint density at radius 2 is 2.16 bits per heavy atom. The third-order valence-corrected chi connectivity index (χ3v) is 6.17. The van der Waals surface area contributed by atoms with Crippen molar-refractivity contribution in [3.63, 3.8) is 0 Å². The summed E-state index contributed by atoms with van der Waals surface area (Å²) in [6.07, 6.45) is 5.26. The van der Waals surface area contributed by atoms with Gasteiger partial charge in [0.25, 0.3) is 0 Å². The fraction of sp³-hybridized carbons (Fsp3) is 0.250. The Morgan fingerprint density at radius 1 is 1.32 bits per heavy atom. The van der Waals surface area contributed by atoms with Gasteiger partial charge in [0, 0.05) is 22.6 Å². The molecule has 1 aliphatic rings. The number of nitrogens with zero attached hydrogens (tertiary/aromatic N) is 2. The minimum atomic E-state index is -4.00. The molecule has 2 aromatic heterocycles. The van der Waals surface area contributed by atoms with Gasteiger partial charge >= 0.3 is 0 Å². The first-order valence-corrected chi connectivity index (χ1v) is 9.57. The predicted molar refractivity (Wildman–Crippen MR) is 91.4 cm³/mol. The largest absolute Gasteiger partial charge is 0.261 e. The summed E-state index contributed by atoms with van der Waals surface area (Å²) < 4.78 is 41.5. The van der Waals surface area contributed by atoms with Crippen molar-refractivity contribution in [1.82, 2.24) is 19.9 Å². The van der Waals surface area contributed by atoms with Gasteiger partial charge in [0.1, 0.15) is 10.7 Å². The van der Waals surface area contributed by atoms with E-state index in [9.17, 15) is 12.8 Å². The quantitative estimate of drug-likeness (QED) is 0.731. The molecule has 0 saturated carbocycles. The lowest BCUT2D eigenvalue weighted by atomic mass is 9.88. The topological polar surface area (TPSA) is 87.7 Å². The van der Waals surface area contributed by atoms with Crippen molar-refractivity contribution in [3.05, 3.63) is 52.6 Å². The van der Waals surface area contributed by atoms with Gasteiger partial charge in [-0.1, -0.05) is 11.6 Å². The maximum absolute atomic E-state index is 13.9. The molecule has 0 fully saturated rings. The standard InChI is InChI=1S/C16H14ClFN4O2S/c17-10-1-4-14(18)15(6-10)25(23,24)22-11-2-3-12-9(5-11)7-19-16-13(12)8-20-21-16/h1,4,6-8,11,22H,2-3,5H2,(H,19,20,21). The summed E-state index contributed by atoms with van der Waals surface area (Å²) in [7, 11) is -4.00. The molecule has 0 aliphatic heterocycles. The number of pyridine rings is 1. The van der Waals surface area contributed by atoms with E-state index in [1.54, 1.807) is 12.4 Å². The summed E-state index contributed by atoms with van der Waals surface area (Å²) in [6.45, 7) is 0. The molecule has 2 heterocycles. The Labute approximate surface area is 148 Å². The van der Waals surface area contributed by atoms with Gasteiger partial charge in [0.15, 0.2) is 5.65 Å². The van der Waals surface area contributed by atoms with Crippen LogP contribution in [0.5, 0.6) is 0 Å². The van der Waals surface area contributed by atoms with Crippen molar-refractivity contribution in [3.8, 4) is 0 Å². The fourth-order valence-electron chi connectivity index (χ4n) is 3.22. The number of hydrogen-bond donors (Lipinski definition) is 2. The number of sulfonamides is 1. The maximum Gasteiger partial charge on any atom is 0.243 e. The van der Waals surface area contributed by atoms with E-state index >= 15 is 0 Å². The van der Waals surface area contributed by atoms with Crippen molar-refractivity contribution in [2.24, 2.45) is 0 Å². The molecular weight excluding hydrogens is 367 g/mol. The highest BCUT2D eigenvalue weighted by Gasteiger charge is 2.27. The van der Waals surface area contributed by atoms with Gasteiger partial charge in [-0.25, -0.2) is 22.5 Å². The number of fused-ring (bicyclic) bond motifs is 3. The number of aromatic nitrogens is 3. The number of nitrogens with one attached hydrogen (secondary N) is 2. The Kier molecular flexibility index (Phi) is 3.98. The summed E-state index contributed by atoms with van der Waals surface area (Å²) >= 11 is 5.80. The fourth-order valence-corrected chi connectivity index (χ4v) is 4.83. The Morgan fingerprint density at radius 3 is 3.00 bits per heavy atom. The second kappa shape index (κ2) is 6.05. The Hall–Kier alpha value is -2.03. The van der Waals surface area contributed by atoms with Crippen LogP contribution in [0, 0.1) is 5.82 Å². The van der Waals surface area contributed by atoms with Gasteiger partial charge in [-0.15, -0.1) is 0 Å². The van der Waals surface area contributed by atoms with E-state index in [0.717, 1.165) is 34.3 Å². The summed E-state index contributed by atoms with van der Waals surface area (Å²) in [5.74, 6) is -0.824. The van der Waals surface area contributed by atoms with E-state index in [0.29, 0.717) is 19.3 Å². The van der Waals surface area contributed by atoms with Crippen molar-refractivity contribution in [1.29, 1.82) is 0 Å². The summed E-state index contributed by atoms with van der Waals surface area (Å²) in [5, 5.41) is 7.94. The zero-order chi connectivity index (χ0) is 17.6. The molecule has 0 bridgehead atoms. The van der Waals surface area contributed by atoms with Gasteiger partial charge in [-0.2, -0.15) is 5.10 Å². The third kappa shape index (κ3) is 3.01. The molecule has 130 valence electrons. The summed E-state index contributed by atoms with van der Waals surface area (Å²) in [6, 6.07) is 3.15. The third-order valence-electron chi connectivity index (χ3n) is 4.40. The van der Waals surface area contributed by atoms with Crippen LogP contribution >= 0.6 is 11.6 Å². The number of H-pyrrole nitrogens is 1. The van der Waals surface area contributed by atoms with Gasteiger partial charge in [0.2, 0.25) is 10.0 Å². The van der Waals surface area contributed by atoms with E-state index in [-0.39, 0.29) is 11.1 Å². The first kappa shape index (κ1) is 16.4.